The van der Waals surface area contributed by atoms with Crippen molar-refractivity contribution in [2.75, 3.05) is 18.5 Å². The van der Waals surface area contributed by atoms with Gasteiger partial charge in [-0.25, -0.2) is 0 Å². The number of rotatable bonds is 7. The first-order valence-electron chi connectivity index (χ1n) is 7.94. The van der Waals surface area contributed by atoms with Crippen LogP contribution in [0.1, 0.15) is 28.4 Å². The minimum Gasteiger partial charge on any atom is -0.490 e. The van der Waals surface area contributed by atoms with Gasteiger partial charge in [-0.3, -0.25) is 4.79 Å². The number of anilines is 1. The molecular weight excluding hydrogens is 302 g/mol. The maximum absolute atomic E-state index is 12.5. The third-order valence-corrected chi connectivity index (χ3v) is 3.49. The Balaban J connectivity index is 2.22. The van der Waals surface area contributed by atoms with Crippen LogP contribution in [-0.2, 0) is 0 Å². The van der Waals surface area contributed by atoms with Gasteiger partial charge in [0.25, 0.3) is 5.91 Å². The van der Waals surface area contributed by atoms with Crippen LogP contribution >= 0.6 is 0 Å². The summed E-state index contributed by atoms with van der Waals surface area (Å²) in [5.74, 6) is 0.964. The highest BCUT2D eigenvalue weighted by molar-refractivity contribution is 6.05. The lowest BCUT2D eigenvalue weighted by Gasteiger charge is -2.13. The highest BCUT2D eigenvalue weighted by Crippen LogP contribution is 2.29. The number of benzene rings is 2. The summed E-state index contributed by atoms with van der Waals surface area (Å²) < 4.78 is 11.1. The van der Waals surface area contributed by atoms with Crippen molar-refractivity contribution in [3.05, 3.63) is 65.7 Å². The Bertz CT molecular complexity index is 738. The molecule has 24 heavy (non-hydrogen) atoms. The molecule has 1 amide bonds. The van der Waals surface area contributed by atoms with Gasteiger partial charge in [0.15, 0.2) is 11.5 Å². The molecule has 0 saturated heterocycles. The Hall–Kier alpha value is -2.75. The molecule has 2 aromatic rings. The molecule has 0 atom stereocenters. The van der Waals surface area contributed by atoms with Crippen LogP contribution in [0.2, 0.25) is 0 Å². The number of aryl methyl sites for hydroxylation is 2. The monoisotopic (exact) mass is 325 g/mol. The average molecular weight is 325 g/mol. The van der Waals surface area contributed by atoms with E-state index in [1.54, 1.807) is 24.3 Å². The summed E-state index contributed by atoms with van der Waals surface area (Å²) in [6.07, 6.45) is 1.66. The Morgan fingerprint density at radius 1 is 1.12 bits per heavy atom. The molecular formula is C20H23NO3. The van der Waals surface area contributed by atoms with Gasteiger partial charge < -0.3 is 14.8 Å². The van der Waals surface area contributed by atoms with Crippen LogP contribution in [0.3, 0.4) is 0 Å². The van der Waals surface area contributed by atoms with Gasteiger partial charge in [0.1, 0.15) is 6.61 Å². The highest BCUT2D eigenvalue weighted by Gasteiger charge is 2.12. The quantitative estimate of drug-likeness (QED) is 0.761. The van der Waals surface area contributed by atoms with Crippen LogP contribution in [0.15, 0.2) is 49.1 Å². The number of ether oxygens (including phenoxy) is 2. The van der Waals surface area contributed by atoms with Gasteiger partial charge in [-0.15, -0.1) is 0 Å². The van der Waals surface area contributed by atoms with Gasteiger partial charge in [0.05, 0.1) is 6.61 Å². The molecule has 4 heteroatoms. The minimum atomic E-state index is -0.182. The fourth-order valence-corrected chi connectivity index (χ4v) is 2.33. The van der Waals surface area contributed by atoms with E-state index in [-0.39, 0.29) is 5.91 Å². The third-order valence-electron chi connectivity index (χ3n) is 3.49. The standard InChI is InChI=1S/C20H23NO3/c1-5-11-24-18-10-8-16(13-19(18)23-6-2)20(22)21-17-9-7-14(3)12-15(17)4/h5,7-10,12-13H,1,6,11H2,2-4H3,(H,21,22). The number of carbonyl (C=O) groups is 1. The summed E-state index contributed by atoms with van der Waals surface area (Å²) in [7, 11) is 0. The summed E-state index contributed by atoms with van der Waals surface area (Å²) in [4.78, 5) is 12.5. The molecule has 0 bridgehead atoms. The molecule has 0 spiro atoms. The van der Waals surface area contributed by atoms with E-state index in [0.29, 0.717) is 30.3 Å². The van der Waals surface area contributed by atoms with Crippen LogP contribution in [0.4, 0.5) is 5.69 Å². The van der Waals surface area contributed by atoms with Crippen molar-refractivity contribution in [3.8, 4) is 11.5 Å². The minimum absolute atomic E-state index is 0.182. The largest absolute Gasteiger partial charge is 0.490 e. The fraction of sp³-hybridized carbons (Fsp3) is 0.250. The van der Waals surface area contributed by atoms with Crippen molar-refractivity contribution in [2.24, 2.45) is 0 Å². The molecule has 1 N–H and O–H groups in total. The summed E-state index contributed by atoms with van der Waals surface area (Å²) in [6, 6.07) is 11.1. The number of nitrogens with one attached hydrogen (secondary N) is 1. The molecule has 0 saturated carbocycles. The SMILES string of the molecule is C=CCOc1ccc(C(=O)Nc2ccc(C)cc2C)cc1OCC. The lowest BCUT2D eigenvalue weighted by Crippen LogP contribution is -2.13. The first-order chi connectivity index (χ1) is 11.5. The second-order valence-electron chi connectivity index (χ2n) is 5.47. The van der Waals surface area contributed by atoms with E-state index in [1.165, 1.54) is 0 Å². The van der Waals surface area contributed by atoms with Gasteiger partial charge in [0.2, 0.25) is 0 Å². The maximum Gasteiger partial charge on any atom is 0.255 e. The summed E-state index contributed by atoms with van der Waals surface area (Å²) in [5, 5.41) is 2.93. The van der Waals surface area contributed by atoms with Gasteiger partial charge in [-0.05, 0) is 50.6 Å². The molecule has 0 aliphatic rings. The Labute approximate surface area is 143 Å². The number of carbonyl (C=O) groups excluding carboxylic acids is 1. The zero-order chi connectivity index (χ0) is 17.5. The topological polar surface area (TPSA) is 47.6 Å². The molecule has 126 valence electrons. The molecule has 0 heterocycles. The highest BCUT2D eigenvalue weighted by atomic mass is 16.5. The van der Waals surface area contributed by atoms with Gasteiger partial charge in [-0.2, -0.15) is 0 Å². The van der Waals surface area contributed by atoms with E-state index >= 15 is 0 Å². The normalized spacial score (nSPS) is 10.1. The van der Waals surface area contributed by atoms with Crippen LogP contribution < -0.4 is 14.8 Å². The van der Waals surface area contributed by atoms with Crippen molar-refractivity contribution in [1.82, 2.24) is 0 Å². The van der Waals surface area contributed by atoms with Gasteiger partial charge in [-0.1, -0.05) is 30.4 Å². The first-order valence-corrected chi connectivity index (χ1v) is 7.94. The predicted octanol–water partition coefficient (Wildman–Crippen LogP) is 4.52. The number of hydrogen-bond acceptors (Lipinski definition) is 3. The van der Waals surface area contributed by atoms with Crippen molar-refractivity contribution < 1.29 is 14.3 Å². The molecule has 2 aromatic carbocycles. The first kappa shape index (κ1) is 17.6. The van der Waals surface area contributed by atoms with Crippen molar-refractivity contribution >= 4 is 11.6 Å². The Kier molecular flexibility index (Phi) is 6.01. The molecule has 4 nitrogen and oxygen atoms in total. The van der Waals surface area contributed by atoms with E-state index in [1.807, 2.05) is 39.0 Å². The van der Waals surface area contributed by atoms with Crippen molar-refractivity contribution in [1.29, 1.82) is 0 Å². The van der Waals surface area contributed by atoms with E-state index in [2.05, 4.69) is 11.9 Å². The van der Waals surface area contributed by atoms with Crippen LogP contribution in [0.5, 0.6) is 11.5 Å². The summed E-state index contributed by atoms with van der Waals surface area (Å²) >= 11 is 0. The molecule has 0 fully saturated rings. The van der Waals surface area contributed by atoms with Crippen molar-refractivity contribution in [3.63, 3.8) is 0 Å². The number of amides is 1. The van der Waals surface area contributed by atoms with E-state index < -0.39 is 0 Å². The van der Waals surface area contributed by atoms with Gasteiger partial charge in [0, 0.05) is 11.3 Å². The third kappa shape index (κ3) is 4.38. The second-order valence-corrected chi connectivity index (χ2v) is 5.47. The fourth-order valence-electron chi connectivity index (χ4n) is 2.33. The lowest BCUT2D eigenvalue weighted by molar-refractivity contribution is 0.102. The summed E-state index contributed by atoms with van der Waals surface area (Å²) in [6.45, 7) is 10.4. The molecule has 0 aromatic heterocycles. The van der Waals surface area contributed by atoms with E-state index in [0.717, 1.165) is 16.8 Å². The molecule has 0 unspecified atom stereocenters. The van der Waals surface area contributed by atoms with E-state index in [4.69, 9.17) is 9.47 Å². The zero-order valence-corrected chi connectivity index (χ0v) is 14.4. The molecule has 2 rings (SSSR count). The van der Waals surface area contributed by atoms with E-state index in [9.17, 15) is 4.79 Å². The van der Waals surface area contributed by atoms with Crippen LogP contribution in [-0.4, -0.2) is 19.1 Å². The Morgan fingerprint density at radius 2 is 1.92 bits per heavy atom. The van der Waals surface area contributed by atoms with Crippen molar-refractivity contribution in [2.45, 2.75) is 20.8 Å². The lowest BCUT2D eigenvalue weighted by atomic mass is 10.1. The molecule has 0 radical (unpaired) electrons. The molecule has 0 aliphatic heterocycles. The average Bonchev–Trinajstić information content (AvgIpc) is 2.56. The maximum atomic E-state index is 12.5. The summed E-state index contributed by atoms with van der Waals surface area (Å²) in [5.41, 5.74) is 3.51. The van der Waals surface area contributed by atoms with Crippen LogP contribution in [0, 0.1) is 13.8 Å². The second kappa shape index (κ2) is 8.20. The smallest absolute Gasteiger partial charge is 0.255 e. The van der Waals surface area contributed by atoms with Crippen LogP contribution in [0.25, 0.3) is 0 Å². The predicted molar refractivity (Wildman–Crippen MR) is 97.2 cm³/mol. The van der Waals surface area contributed by atoms with Gasteiger partial charge >= 0.3 is 0 Å². The molecule has 0 aliphatic carbocycles. The number of hydrogen-bond donors (Lipinski definition) is 1. The zero-order valence-electron chi connectivity index (χ0n) is 14.4. The Morgan fingerprint density at radius 3 is 2.58 bits per heavy atom.